The Balaban J connectivity index is 2.00. The van der Waals surface area contributed by atoms with Gasteiger partial charge < -0.3 is 20.3 Å². The van der Waals surface area contributed by atoms with Gasteiger partial charge in [-0.25, -0.2) is 4.79 Å². The van der Waals surface area contributed by atoms with Crippen LogP contribution in [0, 0.1) is 0 Å². The minimum atomic E-state index is -0.244. The number of morpholine rings is 1. The molecule has 110 valence electrons. The Bertz CT molecular complexity index is 462. The summed E-state index contributed by atoms with van der Waals surface area (Å²) >= 11 is 0. The second-order valence-electron chi connectivity index (χ2n) is 5.98. The molecule has 20 heavy (non-hydrogen) atoms. The molecule has 1 fully saturated rings. The quantitative estimate of drug-likeness (QED) is 0.873. The third-order valence-electron chi connectivity index (χ3n) is 2.97. The molecule has 5 nitrogen and oxygen atoms in total. The summed E-state index contributed by atoms with van der Waals surface area (Å²) in [5.41, 5.74) is 1.67. The molecule has 1 saturated heterocycles. The van der Waals surface area contributed by atoms with Gasteiger partial charge in [0, 0.05) is 30.0 Å². The molecule has 0 radical (unpaired) electrons. The van der Waals surface area contributed by atoms with Gasteiger partial charge in [0.05, 0.1) is 13.2 Å². The second-order valence-corrected chi connectivity index (χ2v) is 5.98. The van der Waals surface area contributed by atoms with Crippen molar-refractivity contribution in [3.8, 4) is 0 Å². The van der Waals surface area contributed by atoms with Gasteiger partial charge in [0.15, 0.2) is 0 Å². The third kappa shape index (κ3) is 4.42. The molecule has 1 aliphatic rings. The standard InChI is InChI=1S/C15H23N3O2/c1-15(2,3)17-14(19)16-12-5-4-6-13(11-12)18-7-9-20-10-8-18/h4-6,11H,7-10H2,1-3H3,(H2,16,17,19). The van der Waals surface area contributed by atoms with Crippen molar-refractivity contribution in [1.82, 2.24) is 5.32 Å². The molecule has 0 atom stereocenters. The number of urea groups is 1. The normalized spacial score (nSPS) is 15.8. The first kappa shape index (κ1) is 14.7. The number of rotatable bonds is 2. The maximum atomic E-state index is 11.9. The Kier molecular flexibility index (Phi) is 4.49. The highest BCUT2D eigenvalue weighted by molar-refractivity contribution is 5.90. The van der Waals surface area contributed by atoms with Crippen LogP contribution in [-0.4, -0.2) is 37.9 Å². The zero-order chi connectivity index (χ0) is 14.6. The molecule has 1 aliphatic heterocycles. The van der Waals surface area contributed by atoms with Crippen molar-refractivity contribution in [2.24, 2.45) is 0 Å². The lowest BCUT2D eigenvalue weighted by Gasteiger charge is -2.29. The van der Waals surface area contributed by atoms with Crippen molar-refractivity contribution in [2.45, 2.75) is 26.3 Å². The number of amides is 2. The lowest BCUT2D eigenvalue weighted by Crippen LogP contribution is -2.43. The molecule has 0 bridgehead atoms. The molecule has 0 aromatic heterocycles. The number of anilines is 2. The van der Waals surface area contributed by atoms with Crippen LogP contribution in [0.25, 0.3) is 0 Å². The van der Waals surface area contributed by atoms with Gasteiger partial charge in [0.25, 0.3) is 0 Å². The van der Waals surface area contributed by atoms with Gasteiger partial charge in [-0.1, -0.05) is 6.07 Å². The largest absolute Gasteiger partial charge is 0.378 e. The number of nitrogens with zero attached hydrogens (tertiary/aromatic N) is 1. The molecule has 0 unspecified atom stereocenters. The van der Waals surface area contributed by atoms with E-state index in [9.17, 15) is 4.79 Å². The van der Waals surface area contributed by atoms with E-state index >= 15 is 0 Å². The predicted octanol–water partition coefficient (Wildman–Crippen LogP) is 2.44. The fraction of sp³-hybridized carbons (Fsp3) is 0.533. The van der Waals surface area contributed by atoms with Crippen LogP contribution in [0.4, 0.5) is 16.2 Å². The van der Waals surface area contributed by atoms with E-state index in [1.165, 1.54) is 0 Å². The molecular formula is C15H23N3O2. The summed E-state index contributed by atoms with van der Waals surface area (Å²) in [6.45, 7) is 9.14. The van der Waals surface area contributed by atoms with Crippen molar-refractivity contribution >= 4 is 17.4 Å². The molecule has 1 aromatic rings. The van der Waals surface area contributed by atoms with Gasteiger partial charge in [-0.2, -0.15) is 0 Å². The summed E-state index contributed by atoms with van der Waals surface area (Å²) < 4.78 is 5.35. The van der Waals surface area contributed by atoms with E-state index in [2.05, 4.69) is 21.6 Å². The van der Waals surface area contributed by atoms with Crippen LogP contribution < -0.4 is 15.5 Å². The van der Waals surface area contributed by atoms with E-state index in [1.54, 1.807) is 0 Å². The zero-order valence-corrected chi connectivity index (χ0v) is 12.4. The second kappa shape index (κ2) is 6.13. The van der Waals surface area contributed by atoms with E-state index in [0.29, 0.717) is 0 Å². The summed E-state index contributed by atoms with van der Waals surface area (Å²) in [4.78, 5) is 14.1. The first-order valence-electron chi connectivity index (χ1n) is 6.96. The summed E-state index contributed by atoms with van der Waals surface area (Å²) in [6, 6.07) is 7.71. The summed E-state index contributed by atoms with van der Waals surface area (Å²) in [6.07, 6.45) is 0. The lowest BCUT2D eigenvalue weighted by atomic mass is 10.1. The fourth-order valence-corrected chi connectivity index (χ4v) is 2.10. The minimum Gasteiger partial charge on any atom is -0.378 e. The van der Waals surface area contributed by atoms with Crippen molar-refractivity contribution in [3.63, 3.8) is 0 Å². The highest BCUT2D eigenvalue weighted by Crippen LogP contribution is 2.20. The van der Waals surface area contributed by atoms with Gasteiger partial charge in [0.2, 0.25) is 0 Å². The number of nitrogens with one attached hydrogen (secondary N) is 2. The van der Waals surface area contributed by atoms with Crippen molar-refractivity contribution in [2.75, 3.05) is 36.5 Å². The molecule has 0 aliphatic carbocycles. The number of hydrogen-bond donors (Lipinski definition) is 2. The highest BCUT2D eigenvalue weighted by atomic mass is 16.5. The Labute approximate surface area is 120 Å². The van der Waals surface area contributed by atoms with E-state index in [4.69, 9.17) is 4.74 Å². The van der Waals surface area contributed by atoms with Gasteiger partial charge in [-0.15, -0.1) is 0 Å². The number of carbonyl (C=O) groups is 1. The summed E-state index contributed by atoms with van der Waals surface area (Å²) in [5, 5.41) is 5.75. The first-order valence-corrected chi connectivity index (χ1v) is 6.96. The summed E-state index contributed by atoms with van der Waals surface area (Å²) in [5.74, 6) is 0. The van der Waals surface area contributed by atoms with Crippen LogP contribution in [0.2, 0.25) is 0 Å². The number of carbonyl (C=O) groups excluding carboxylic acids is 1. The molecule has 1 heterocycles. The van der Waals surface area contributed by atoms with Crippen molar-refractivity contribution in [1.29, 1.82) is 0 Å². The number of benzene rings is 1. The predicted molar refractivity (Wildman–Crippen MR) is 81.4 cm³/mol. The van der Waals surface area contributed by atoms with E-state index in [0.717, 1.165) is 37.7 Å². The van der Waals surface area contributed by atoms with Crippen LogP contribution in [0.15, 0.2) is 24.3 Å². The van der Waals surface area contributed by atoms with Crippen molar-refractivity contribution < 1.29 is 9.53 Å². The number of ether oxygens (including phenoxy) is 1. The third-order valence-corrected chi connectivity index (χ3v) is 2.97. The Morgan fingerprint density at radius 2 is 1.95 bits per heavy atom. The maximum absolute atomic E-state index is 11.9. The van der Waals surface area contributed by atoms with Crippen LogP contribution in [-0.2, 0) is 4.74 Å². The van der Waals surface area contributed by atoms with E-state index < -0.39 is 0 Å². The van der Waals surface area contributed by atoms with E-state index in [1.807, 2.05) is 39.0 Å². The zero-order valence-electron chi connectivity index (χ0n) is 12.4. The minimum absolute atomic E-state index is 0.184. The molecule has 5 heteroatoms. The van der Waals surface area contributed by atoms with E-state index in [-0.39, 0.29) is 11.6 Å². The maximum Gasteiger partial charge on any atom is 0.319 e. The topological polar surface area (TPSA) is 53.6 Å². The van der Waals surface area contributed by atoms with Crippen LogP contribution >= 0.6 is 0 Å². The molecule has 0 saturated carbocycles. The van der Waals surface area contributed by atoms with Crippen LogP contribution in [0.1, 0.15) is 20.8 Å². The van der Waals surface area contributed by atoms with Gasteiger partial charge >= 0.3 is 6.03 Å². The first-order chi connectivity index (χ1) is 9.44. The molecule has 1 aromatic carbocycles. The average Bonchev–Trinajstić information content (AvgIpc) is 2.38. The molecule has 2 rings (SSSR count). The van der Waals surface area contributed by atoms with Crippen LogP contribution in [0.5, 0.6) is 0 Å². The van der Waals surface area contributed by atoms with Gasteiger partial charge in [-0.05, 0) is 39.0 Å². The monoisotopic (exact) mass is 277 g/mol. The smallest absolute Gasteiger partial charge is 0.319 e. The number of hydrogen-bond acceptors (Lipinski definition) is 3. The Hall–Kier alpha value is -1.75. The van der Waals surface area contributed by atoms with Gasteiger partial charge in [0.1, 0.15) is 0 Å². The average molecular weight is 277 g/mol. The fourth-order valence-electron chi connectivity index (χ4n) is 2.10. The highest BCUT2D eigenvalue weighted by Gasteiger charge is 2.15. The molecular weight excluding hydrogens is 254 g/mol. The molecule has 2 N–H and O–H groups in total. The molecule has 2 amide bonds. The SMILES string of the molecule is CC(C)(C)NC(=O)Nc1cccc(N2CCOCC2)c1. The van der Waals surface area contributed by atoms with Gasteiger partial charge in [-0.3, -0.25) is 0 Å². The van der Waals surface area contributed by atoms with Crippen LogP contribution in [0.3, 0.4) is 0 Å². The Morgan fingerprint density at radius 1 is 1.25 bits per heavy atom. The summed E-state index contributed by atoms with van der Waals surface area (Å²) in [7, 11) is 0. The Morgan fingerprint density at radius 3 is 2.60 bits per heavy atom. The molecule has 0 spiro atoms. The lowest BCUT2D eigenvalue weighted by molar-refractivity contribution is 0.122. The van der Waals surface area contributed by atoms with Crippen molar-refractivity contribution in [3.05, 3.63) is 24.3 Å².